The van der Waals surface area contributed by atoms with E-state index in [0.29, 0.717) is 5.13 Å². The second-order valence-corrected chi connectivity index (χ2v) is 8.27. The third-order valence-electron chi connectivity index (χ3n) is 5.12. The van der Waals surface area contributed by atoms with E-state index in [0.717, 1.165) is 12.8 Å². The fourth-order valence-corrected chi connectivity index (χ4v) is 3.83. The molecule has 5 atom stereocenters. The van der Waals surface area contributed by atoms with Crippen molar-refractivity contribution in [1.82, 2.24) is 9.36 Å². The van der Waals surface area contributed by atoms with Crippen LogP contribution in [-0.4, -0.2) is 63.4 Å². The Morgan fingerprint density at radius 1 is 1.21 bits per heavy atom. The van der Waals surface area contributed by atoms with Crippen LogP contribution in [0.2, 0.25) is 0 Å². The van der Waals surface area contributed by atoms with E-state index in [1.165, 1.54) is 62.8 Å². The van der Waals surface area contributed by atoms with Gasteiger partial charge in [0.15, 0.2) is 0 Å². The summed E-state index contributed by atoms with van der Waals surface area (Å²) in [6.45, 7) is 2.65. The molecule has 2 rings (SSSR count). The number of anilines is 1. The average Bonchev–Trinajstić information content (AvgIpc) is 3.20. The highest BCUT2D eigenvalue weighted by Crippen LogP contribution is 2.20. The molecule has 1 aromatic heterocycles. The molecule has 5 N–H and O–H groups in total. The molecule has 0 bridgehead atoms. The minimum absolute atomic E-state index is 0.169. The number of aliphatic hydroxyl groups is 2. The number of nitrogens with zero attached hydrogens (tertiary/aromatic N) is 2. The van der Waals surface area contributed by atoms with Crippen LogP contribution in [-0.2, 0) is 9.47 Å². The lowest BCUT2D eigenvalue weighted by molar-refractivity contribution is -0.165. The van der Waals surface area contributed by atoms with Gasteiger partial charge in [-0.2, -0.15) is 4.37 Å². The first-order chi connectivity index (χ1) is 13.6. The third kappa shape index (κ3) is 8.26. The topological polar surface area (TPSA) is 123 Å². The van der Waals surface area contributed by atoms with Crippen molar-refractivity contribution in [3.8, 4) is 0 Å². The first-order valence-electron chi connectivity index (χ1n) is 10.5. The van der Waals surface area contributed by atoms with Crippen LogP contribution in [0.3, 0.4) is 0 Å². The third-order valence-corrected chi connectivity index (χ3v) is 5.72. The Hall–Kier alpha value is -0.840. The van der Waals surface area contributed by atoms with Crippen LogP contribution in [0.4, 0.5) is 5.13 Å². The Morgan fingerprint density at radius 2 is 1.93 bits per heavy atom. The molecule has 1 saturated heterocycles. The normalized spacial score (nSPS) is 26.3. The Bertz CT molecular complexity index is 508. The molecule has 1 aliphatic heterocycles. The number of ether oxygens (including phenoxy) is 2. The standard InChI is InChI=1S/C19H36N4O4S/c1-2-3-4-5-6-7-8-9-10-16(20)27-12-15-18(25)17(24)14(11-26-15)23-19-21-13-22-28-19/h13-18,24-25H,2-12,20H2,1H3,(H,21,22,23)/t14-,15-,16?,17-,18+/m1/s1. The number of hydrogen-bond donors (Lipinski definition) is 4. The molecule has 0 aliphatic carbocycles. The highest BCUT2D eigenvalue weighted by atomic mass is 32.1. The van der Waals surface area contributed by atoms with Gasteiger partial charge < -0.3 is 30.7 Å². The number of aliphatic hydroxyl groups excluding tert-OH is 2. The van der Waals surface area contributed by atoms with Gasteiger partial charge in [0.1, 0.15) is 30.9 Å². The summed E-state index contributed by atoms with van der Waals surface area (Å²) in [5.41, 5.74) is 6.02. The number of unbranched alkanes of at least 4 members (excludes halogenated alkanes) is 7. The van der Waals surface area contributed by atoms with Crippen molar-refractivity contribution in [1.29, 1.82) is 0 Å². The minimum atomic E-state index is -1.05. The van der Waals surface area contributed by atoms with Gasteiger partial charge >= 0.3 is 0 Å². The maximum absolute atomic E-state index is 10.3. The predicted octanol–water partition coefficient (Wildman–Crippen LogP) is 2.27. The van der Waals surface area contributed by atoms with Gasteiger partial charge in [0.2, 0.25) is 5.13 Å². The monoisotopic (exact) mass is 416 g/mol. The quantitative estimate of drug-likeness (QED) is 0.269. The number of hydrogen-bond acceptors (Lipinski definition) is 9. The molecule has 0 radical (unpaired) electrons. The van der Waals surface area contributed by atoms with Gasteiger partial charge in [0.05, 0.1) is 19.3 Å². The molecule has 2 heterocycles. The molecule has 0 aromatic carbocycles. The van der Waals surface area contributed by atoms with E-state index >= 15 is 0 Å². The van der Waals surface area contributed by atoms with Gasteiger partial charge in [-0.05, 0) is 12.8 Å². The SMILES string of the molecule is CCCCCCCCCCC(N)OC[C@H]1OC[C@@H](Nc2ncns2)[C@@H](O)[C@H]1O. The lowest BCUT2D eigenvalue weighted by Crippen LogP contribution is -2.57. The van der Waals surface area contributed by atoms with E-state index in [9.17, 15) is 10.2 Å². The summed E-state index contributed by atoms with van der Waals surface area (Å²) < 4.78 is 15.2. The summed E-state index contributed by atoms with van der Waals surface area (Å²) in [5, 5.41) is 24.3. The van der Waals surface area contributed by atoms with E-state index in [-0.39, 0.29) is 19.4 Å². The van der Waals surface area contributed by atoms with Gasteiger partial charge in [0, 0.05) is 11.5 Å². The molecule has 1 unspecified atom stereocenters. The van der Waals surface area contributed by atoms with Gasteiger partial charge in [0.25, 0.3) is 0 Å². The number of nitrogens with two attached hydrogens (primary N) is 1. The van der Waals surface area contributed by atoms with Crippen molar-refractivity contribution in [2.24, 2.45) is 5.73 Å². The lowest BCUT2D eigenvalue weighted by Gasteiger charge is -2.38. The molecule has 28 heavy (non-hydrogen) atoms. The van der Waals surface area contributed by atoms with Crippen LogP contribution < -0.4 is 11.1 Å². The smallest absolute Gasteiger partial charge is 0.202 e. The van der Waals surface area contributed by atoms with Crippen molar-refractivity contribution in [3.63, 3.8) is 0 Å². The summed E-state index contributed by atoms with van der Waals surface area (Å²) in [6, 6.07) is -0.440. The Labute approximate surface area is 172 Å². The van der Waals surface area contributed by atoms with Crippen LogP contribution in [0.15, 0.2) is 6.33 Å². The maximum Gasteiger partial charge on any atom is 0.202 e. The summed E-state index contributed by atoms with van der Waals surface area (Å²) >= 11 is 1.19. The van der Waals surface area contributed by atoms with E-state index in [4.69, 9.17) is 15.2 Å². The van der Waals surface area contributed by atoms with Crippen LogP contribution in [0.25, 0.3) is 0 Å². The summed E-state index contributed by atoms with van der Waals surface area (Å²) in [6.07, 6.45) is 9.27. The minimum Gasteiger partial charge on any atom is -0.388 e. The van der Waals surface area contributed by atoms with Crippen LogP contribution in [0, 0.1) is 0 Å². The zero-order chi connectivity index (χ0) is 20.2. The molecule has 1 fully saturated rings. The van der Waals surface area contributed by atoms with Crippen LogP contribution in [0.1, 0.15) is 64.7 Å². The van der Waals surface area contributed by atoms with Crippen molar-refractivity contribution >= 4 is 16.7 Å². The number of aromatic nitrogens is 2. The summed E-state index contributed by atoms with van der Waals surface area (Å²) in [7, 11) is 0. The summed E-state index contributed by atoms with van der Waals surface area (Å²) in [4.78, 5) is 4.02. The van der Waals surface area contributed by atoms with Gasteiger partial charge in [-0.25, -0.2) is 4.98 Å². The Balaban J connectivity index is 1.56. The Kier molecular flexibility index (Phi) is 11.2. The second kappa shape index (κ2) is 13.4. The molecular formula is C19H36N4O4S. The average molecular weight is 417 g/mol. The number of nitrogens with one attached hydrogen (secondary N) is 1. The fraction of sp³-hybridized carbons (Fsp3) is 0.895. The van der Waals surface area contributed by atoms with E-state index in [1.807, 2.05) is 0 Å². The molecule has 8 nitrogen and oxygen atoms in total. The van der Waals surface area contributed by atoms with E-state index < -0.39 is 24.4 Å². The fourth-order valence-electron chi connectivity index (χ4n) is 3.33. The number of rotatable bonds is 14. The van der Waals surface area contributed by atoms with E-state index in [2.05, 4.69) is 21.6 Å². The first kappa shape index (κ1) is 23.4. The summed E-state index contributed by atoms with van der Waals surface area (Å²) in [5.74, 6) is 0. The van der Waals surface area contributed by atoms with Gasteiger partial charge in [-0.3, -0.25) is 0 Å². The molecular weight excluding hydrogens is 380 g/mol. The predicted molar refractivity (Wildman–Crippen MR) is 110 cm³/mol. The van der Waals surface area contributed by atoms with Crippen LogP contribution >= 0.6 is 11.5 Å². The zero-order valence-corrected chi connectivity index (χ0v) is 17.6. The largest absolute Gasteiger partial charge is 0.388 e. The van der Waals surface area contributed by atoms with Crippen molar-refractivity contribution in [3.05, 3.63) is 6.33 Å². The molecule has 1 aliphatic rings. The van der Waals surface area contributed by atoms with E-state index in [1.54, 1.807) is 0 Å². The highest BCUT2D eigenvalue weighted by Gasteiger charge is 2.39. The second-order valence-electron chi connectivity index (χ2n) is 7.49. The van der Waals surface area contributed by atoms with Gasteiger partial charge in [-0.1, -0.05) is 51.9 Å². The molecule has 9 heteroatoms. The molecule has 1 aromatic rings. The van der Waals surface area contributed by atoms with Crippen molar-refractivity contribution < 1.29 is 19.7 Å². The van der Waals surface area contributed by atoms with Gasteiger partial charge in [-0.15, -0.1) is 0 Å². The van der Waals surface area contributed by atoms with Crippen LogP contribution in [0.5, 0.6) is 0 Å². The Morgan fingerprint density at radius 3 is 2.61 bits per heavy atom. The molecule has 0 amide bonds. The maximum atomic E-state index is 10.3. The highest BCUT2D eigenvalue weighted by molar-refractivity contribution is 7.09. The molecule has 0 spiro atoms. The molecule has 162 valence electrons. The zero-order valence-electron chi connectivity index (χ0n) is 16.8. The van der Waals surface area contributed by atoms with Crippen molar-refractivity contribution in [2.45, 2.75) is 95.3 Å². The lowest BCUT2D eigenvalue weighted by atomic mass is 9.98. The molecule has 0 saturated carbocycles. The van der Waals surface area contributed by atoms with Crippen molar-refractivity contribution in [2.75, 3.05) is 18.5 Å². The first-order valence-corrected chi connectivity index (χ1v) is 11.3.